The average molecular weight is 350 g/mol. The van der Waals surface area contributed by atoms with Gasteiger partial charge in [-0.2, -0.15) is 11.8 Å². The third-order valence-corrected chi connectivity index (χ3v) is 3.86. The van der Waals surface area contributed by atoms with E-state index in [1.165, 1.54) is 11.8 Å². The van der Waals surface area contributed by atoms with Gasteiger partial charge in [0.1, 0.15) is 11.7 Å². The van der Waals surface area contributed by atoms with E-state index in [9.17, 15) is 19.5 Å². The summed E-state index contributed by atoms with van der Waals surface area (Å²) in [7, 11) is 0. The SMILES string of the molecule is CSCCC(NC(=O)C(NC(=O)c1ccccc1)=C(C)C)C(=O)O. The van der Waals surface area contributed by atoms with E-state index in [1.54, 1.807) is 44.2 Å². The standard InChI is InChI=1S/C17H22N2O4S/c1-11(2)14(19-15(20)12-7-5-4-6-8-12)16(21)18-13(17(22)23)9-10-24-3/h4-8,13H,9-10H2,1-3H3,(H,18,21)(H,19,20)(H,22,23). The van der Waals surface area contributed by atoms with Crippen LogP contribution in [0.2, 0.25) is 0 Å². The number of carboxylic acids is 1. The Hall–Kier alpha value is -2.28. The van der Waals surface area contributed by atoms with Crippen LogP contribution in [-0.2, 0) is 9.59 Å². The fourth-order valence-corrected chi connectivity index (χ4v) is 2.38. The van der Waals surface area contributed by atoms with Crippen LogP contribution in [0.25, 0.3) is 0 Å². The summed E-state index contributed by atoms with van der Waals surface area (Å²) in [6.07, 6.45) is 2.17. The van der Waals surface area contributed by atoms with Crippen LogP contribution in [0.4, 0.5) is 0 Å². The van der Waals surface area contributed by atoms with E-state index in [2.05, 4.69) is 10.6 Å². The first-order valence-electron chi connectivity index (χ1n) is 7.43. The highest BCUT2D eigenvalue weighted by molar-refractivity contribution is 7.98. The smallest absolute Gasteiger partial charge is 0.326 e. The maximum Gasteiger partial charge on any atom is 0.326 e. The zero-order valence-corrected chi connectivity index (χ0v) is 14.8. The van der Waals surface area contributed by atoms with Gasteiger partial charge in [0, 0.05) is 5.56 Å². The van der Waals surface area contributed by atoms with Crippen molar-refractivity contribution in [3.63, 3.8) is 0 Å². The molecule has 0 aliphatic rings. The Balaban J connectivity index is 2.84. The Bertz CT molecular complexity index is 625. The van der Waals surface area contributed by atoms with E-state index in [-0.39, 0.29) is 5.70 Å². The third kappa shape index (κ3) is 6.08. The van der Waals surface area contributed by atoms with Crippen molar-refractivity contribution in [3.05, 3.63) is 47.2 Å². The molecule has 0 heterocycles. The van der Waals surface area contributed by atoms with Crippen LogP contribution < -0.4 is 10.6 Å². The van der Waals surface area contributed by atoms with Gasteiger partial charge in [0.05, 0.1) is 0 Å². The van der Waals surface area contributed by atoms with Crippen LogP contribution in [0.15, 0.2) is 41.6 Å². The molecule has 0 aliphatic heterocycles. The Morgan fingerprint density at radius 1 is 1.17 bits per heavy atom. The number of allylic oxidation sites excluding steroid dienone is 1. The second-order valence-corrected chi connectivity index (χ2v) is 6.33. The summed E-state index contributed by atoms with van der Waals surface area (Å²) in [6, 6.07) is 7.50. The van der Waals surface area contributed by atoms with Crippen molar-refractivity contribution in [2.75, 3.05) is 12.0 Å². The fraction of sp³-hybridized carbons (Fsp3) is 0.353. The van der Waals surface area contributed by atoms with E-state index in [4.69, 9.17) is 0 Å². The van der Waals surface area contributed by atoms with Gasteiger partial charge in [0.2, 0.25) is 0 Å². The molecular formula is C17H22N2O4S. The highest BCUT2D eigenvalue weighted by Gasteiger charge is 2.23. The number of thioether (sulfide) groups is 1. The highest BCUT2D eigenvalue weighted by Crippen LogP contribution is 2.07. The molecule has 7 heteroatoms. The normalized spacial score (nSPS) is 11.3. The third-order valence-electron chi connectivity index (χ3n) is 3.22. The summed E-state index contributed by atoms with van der Waals surface area (Å²) in [6.45, 7) is 3.36. The molecule has 1 aromatic carbocycles. The molecular weight excluding hydrogens is 328 g/mol. The number of hydrogen-bond acceptors (Lipinski definition) is 4. The number of benzene rings is 1. The minimum Gasteiger partial charge on any atom is -0.480 e. The largest absolute Gasteiger partial charge is 0.480 e. The molecule has 1 atom stereocenters. The van der Waals surface area contributed by atoms with Crippen LogP contribution in [0.5, 0.6) is 0 Å². The van der Waals surface area contributed by atoms with Gasteiger partial charge in [-0.15, -0.1) is 0 Å². The summed E-state index contributed by atoms with van der Waals surface area (Å²) in [5.74, 6) is -1.51. The van der Waals surface area contributed by atoms with Crippen LogP contribution in [0, 0.1) is 0 Å². The van der Waals surface area contributed by atoms with Crippen molar-refractivity contribution < 1.29 is 19.5 Å². The van der Waals surface area contributed by atoms with E-state index in [1.807, 2.05) is 6.26 Å². The molecule has 0 saturated heterocycles. The maximum absolute atomic E-state index is 12.4. The van der Waals surface area contributed by atoms with Crippen molar-refractivity contribution in [2.45, 2.75) is 26.3 Å². The number of aliphatic carboxylic acids is 1. The monoisotopic (exact) mass is 350 g/mol. The first-order chi connectivity index (χ1) is 11.4. The number of rotatable bonds is 8. The Kier molecular flexibility index (Phi) is 8.05. The van der Waals surface area contributed by atoms with E-state index in [0.717, 1.165) is 0 Å². The first-order valence-corrected chi connectivity index (χ1v) is 8.82. The minimum absolute atomic E-state index is 0.0688. The molecule has 24 heavy (non-hydrogen) atoms. The molecule has 3 N–H and O–H groups in total. The van der Waals surface area contributed by atoms with E-state index in [0.29, 0.717) is 23.3 Å². The summed E-state index contributed by atoms with van der Waals surface area (Å²) >= 11 is 1.50. The lowest BCUT2D eigenvalue weighted by Crippen LogP contribution is -2.45. The molecule has 0 saturated carbocycles. The zero-order valence-electron chi connectivity index (χ0n) is 14.0. The lowest BCUT2D eigenvalue weighted by Gasteiger charge is -2.17. The second-order valence-electron chi connectivity index (χ2n) is 5.34. The molecule has 0 aliphatic carbocycles. The van der Waals surface area contributed by atoms with Gasteiger partial charge in [0.25, 0.3) is 11.8 Å². The topological polar surface area (TPSA) is 95.5 Å². The number of hydrogen-bond donors (Lipinski definition) is 3. The number of carboxylic acid groups (broad SMARTS) is 1. The average Bonchev–Trinajstić information content (AvgIpc) is 2.56. The Labute approximate surface area is 145 Å². The molecule has 0 aromatic heterocycles. The summed E-state index contributed by atoms with van der Waals surface area (Å²) in [5.41, 5.74) is 1.08. The van der Waals surface area contributed by atoms with Crippen molar-refractivity contribution in [1.29, 1.82) is 0 Å². The summed E-state index contributed by atoms with van der Waals surface area (Å²) < 4.78 is 0. The van der Waals surface area contributed by atoms with Gasteiger partial charge in [-0.3, -0.25) is 9.59 Å². The van der Waals surface area contributed by atoms with E-state index < -0.39 is 23.8 Å². The molecule has 0 fully saturated rings. The predicted octanol–water partition coefficient (Wildman–Crippen LogP) is 2.03. The Morgan fingerprint density at radius 3 is 2.29 bits per heavy atom. The van der Waals surface area contributed by atoms with Crippen LogP contribution in [0.1, 0.15) is 30.6 Å². The predicted molar refractivity (Wildman–Crippen MR) is 94.8 cm³/mol. The van der Waals surface area contributed by atoms with Crippen molar-refractivity contribution >= 4 is 29.5 Å². The van der Waals surface area contributed by atoms with E-state index >= 15 is 0 Å². The fourth-order valence-electron chi connectivity index (χ4n) is 1.91. The number of amides is 2. The number of nitrogens with one attached hydrogen (secondary N) is 2. The number of carbonyl (C=O) groups is 3. The second kappa shape index (κ2) is 9.77. The van der Waals surface area contributed by atoms with Crippen LogP contribution >= 0.6 is 11.8 Å². The molecule has 130 valence electrons. The quantitative estimate of drug-likeness (QED) is 0.624. The van der Waals surface area contributed by atoms with Gasteiger partial charge < -0.3 is 15.7 Å². The molecule has 0 radical (unpaired) electrons. The van der Waals surface area contributed by atoms with Crippen LogP contribution in [-0.4, -0.2) is 40.9 Å². The summed E-state index contributed by atoms with van der Waals surface area (Å²) in [4.78, 5) is 35.8. The molecule has 6 nitrogen and oxygen atoms in total. The molecule has 2 amide bonds. The number of carbonyl (C=O) groups excluding carboxylic acids is 2. The molecule has 0 bridgehead atoms. The maximum atomic E-state index is 12.4. The van der Waals surface area contributed by atoms with Gasteiger partial charge in [0.15, 0.2) is 0 Å². The molecule has 1 unspecified atom stereocenters. The first kappa shape index (κ1) is 19.8. The highest BCUT2D eigenvalue weighted by atomic mass is 32.2. The van der Waals surface area contributed by atoms with Crippen LogP contribution in [0.3, 0.4) is 0 Å². The lowest BCUT2D eigenvalue weighted by atomic mass is 10.1. The van der Waals surface area contributed by atoms with Gasteiger partial charge in [-0.05, 0) is 50.0 Å². The van der Waals surface area contributed by atoms with Gasteiger partial charge in [-0.25, -0.2) is 4.79 Å². The van der Waals surface area contributed by atoms with Gasteiger partial charge in [-0.1, -0.05) is 18.2 Å². The molecule has 1 aromatic rings. The lowest BCUT2D eigenvalue weighted by molar-refractivity contribution is -0.141. The Morgan fingerprint density at radius 2 is 1.79 bits per heavy atom. The van der Waals surface area contributed by atoms with Crippen molar-refractivity contribution in [3.8, 4) is 0 Å². The van der Waals surface area contributed by atoms with Gasteiger partial charge >= 0.3 is 5.97 Å². The molecule has 1 rings (SSSR count). The zero-order chi connectivity index (χ0) is 18.1. The molecule has 0 spiro atoms. The summed E-state index contributed by atoms with van der Waals surface area (Å²) in [5, 5.41) is 14.2. The minimum atomic E-state index is -1.10. The van der Waals surface area contributed by atoms with Crippen molar-refractivity contribution in [1.82, 2.24) is 10.6 Å². The van der Waals surface area contributed by atoms with Crippen molar-refractivity contribution in [2.24, 2.45) is 0 Å².